The van der Waals surface area contributed by atoms with E-state index in [1.807, 2.05) is 0 Å². The van der Waals surface area contributed by atoms with Crippen LogP contribution in [0.1, 0.15) is 24.1 Å². The van der Waals surface area contributed by atoms with Crippen LogP contribution < -0.4 is 21.7 Å². The van der Waals surface area contributed by atoms with Gasteiger partial charge >= 0.3 is 6.18 Å². The number of halogens is 4. The molecule has 2 amide bonds. The van der Waals surface area contributed by atoms with Gasteiger partial charge in [-0.05, 0) is 43.2 Å². The number of rotatable bonds is 9. The van der Waals surface area contributed by atoms with Crippen molar-refractivity contribution in [3.8, 4) is 0 Å². The Morgan fingerprint density at radius 2 is 1.97 bits per heavy atom. The number of nitrogens with one attached hydrogen (secondary N) is 3. The van der Waals surface area contributed by atoms with Crippen LogP contribution in [0, 0.1) is 5.82 Å². The Hall–Kier alpha value is -4.22. The highest BCUT2D eigenvalue weighted by Crippen LogP contribution is 2.37. The molecule has 1 fully saturated rings. The third-order valence-electron chi connectivity index (χ3n) is 5.12. The molecule has 0 radical (unpaired) electrons. The van der Waals surface area contributed by atoms with Crippen LogP contribution in [-0.2, 0) is 22.3 Å². The number of hydrogen-bond acceptors (Lipinski definition) is 6. The van der Waals surface area contributed by atoms with Gasteiger partial charge in [0.2, 0.25) is 5.91 Å². The van der Waals surface area contributed by atoms with E-state index in [0.717, 1.165) is 18.3 Å². The van der Waals surface area contributed by atoms with Crippen molar-refractivity contribution in [1.82, 2.24) is 15.6 Å². The second kappa shape index (κ2) is 10.4. The molecule has 35 heavy (non-hydrogen) atoms. The lowest BCUT2D eigenvalue weighted by atomic mass is 10.1. The molecule has 5 N–H and O–H groups in total. The van der Waals surface area contributed by atoms with Crippen LogP contribution >= 0.6 is 0 Å². The Morgan fingerprint density at radius 1 is 1.23 bits per heavy atom. The zero-order valence-corrected chi connectivity index (χ0v) is 18.3. The summed E-state index contributed by atoms with van der Waals surface area (Å²) in [5.41, 5.74) is 3.64. The van der Waals surface area contributed by atoms with E-state index in [9.17, 15) is 27.2 Å². The highest BCUT2D eigenvalue weighted by atomic mass is 19.4. The fourth-order valence-corrected chi connectivity index (χ4v) is 3.09. The van der Waals surface area contributed by atoms with Crippen LogP contribution in [0.5, 0.6) is 0 Å². The highest BCUT2D eigenvalue weighted by Gasteiger charge is 2.51. The van der Waals surface area contributed by atoms with Gasteiger partial charge in [-0.25, -0.2) is 4.39 Å². The number of pyridine rings is 1. The minimum absolute atomic E-state index is 0.0264. The zero-order chi connectivity index (χ0) is 25.6. The molecule has 1 heterocycles. The van der Waals surface area contributed by atoms with Crippen LogP contribution in [0.4, 0.5) is 28.9 Å². The molecule has 1 aliphatic carbocycles. The molecule has 0 saturated heterocycles. The van der Waals surface area contributed by atoms with Gasteiger partial charge in [0.15, 0.2) is 0 Å². The zero-order valence-electron chi connectivity index (χ0n) is 18.3. The van der Waals surface area contributed by atoms with Gasteiger partial charge in [0.05, 0.1) is 40.9 Å². The smallest absolute Gasteiger partial charge is 0.404 e. The Balaban J connectivity index is 1.59. The molecule has 0 atom stereocenters. The summed E-state index contributed by atoms with van der Waals surface area (Å²) in [5.74, 6) is -1.97. The first-order valence-electron chi connectivity index (χ1n) is 10.3. The molecule has 184 valence electrons. The van der Waals surface area contributed by atoms with Crippen LogP contribution in [-0.4, -0.2) is 28.6 Å². The average Bonchev–Trinajstić information content (AvgIpc) is 3.60. The van der Waals surface area contributed by atoms with Crippen molar-refractivity contribution in [2.45, 2.75) is 31.1 Å². The third kappa shape index (κ3) is 6.43. The van der Waals surface area contributed by atoms with E-state index in [4.69, 9.17) is 5.73 Å². The molecule has 2 aromatic rings. The van der Waals surface area contributed by atoms with Gasteiger partial charge in [0.25, 0.3) is 5.91 Å². The minimum Gasteiger partial charge on any atom is -0.404 e. The van der Waals surface area contributed by atoms with Crippen molar-refractivity contribution in [3.05, 3.63) is 78.2 Å². The molecule has 8 nitrogen and oxygen atoms in total. The van der Waals surface area contributed by atoms with Gasteiger partial charge in [-0.15, -0.1) is 0 Å². The Bertz CT molecular complexity index is 1170. The predicted molar refractivity (Wildman–Crippen MR) is 122 cm³/mol. The second-order valence-electron chi connectivity index (χ2n) is 7.65. The van der Waals surface area contributed by atoms with Crippen molar-refractivity contribution in [2.24, 2.45) is 10.7 Å². The van der Waals surface area contributed by atoms with Crippen molar-refractivity contribution < 1.29 is 27.2 Å². The fourth-order valence-electron chi connectivity index (χ4n) is 3.09. The molecule has 0 aliphatic heterocycles. The number of aliphatic imine (C=N–C) groups is 1. The largest absolute Gasteiger partial charge is 0.418 e. The monoisotopic (exact) mass is 490 g/mol. The van der Waals surface area contributed by atoms with Gasteiger partial charge in [-0.1, -0.05) is 6.58 Å². The molecule has 12 heteroatoms. The number of anilines is 2. The molecule has 3 rings (SSSR count). The van der Waals surface area contributed by atoms with E-state index in [0.29, 0.717) is 24.6 Å². The molecule has 1 aliphatic rings. The third-order valence-corrected chi connectivity index (χ3v) is 5.12. The van der Waals surface area contributed by atoms with Crippen molar-refractivity contribution in [3.63, 3.8) is 0 Å². The number of carbonyl (C=O) groups excluding carboxylic acids is 2. The van der Waals surface area contributed by atoms with E-state index in [1.54, 1.807) is 0 Å². The average molecular weight is 490 g/mol. The molecule has 0 bridgehead atoms. The van der Waals surface area contributed by atoms with Gasteiger partial charge in [0.1, 0.15) is 11.4 Å². The fraction of sp³-hybridized carbons (Fsp3) is 0.217. The maximum absolute atomic E-state index is 13.3. The van der Waals surface area contributed by atoms with E-state index in [-0.39, 0.29) is 23.5 Å². The Labute approximate surface area is 198 Å². The van der Waals surface area contributed by atoms with Gasteiger partial charge in [0, 0.05) is 18.6 Å². The topological polar surface area (TPSA) is 121 Å². The van der Waals surface area contributed by atoms with Gasteiger partial charge < -0.3 is 21.7 Å². The molecule has 1 saturated carbocycles. The predicted octanol–water partition coefficient (Wildman–Crippen LogP) is 3.31. The number of carbonyl (C=O) groups is 2. The number of aromatic nitrogens is 1. The number of amides is 2. The quantitative estimate of drug-likeness (QED) is 0.244. The Kier molecular flexibility index (Phi) is 7.52. The summed E-state index contributed by atoms with van der Waals surface area (Å²) in [6, 6.07) is 5.30. The highest BCUT2D eigenvalue weighted by molar-refractivity contribution is 6.13. The molecule has 0 spiro atoms. The summed E-state index contributed by atoms with van der Waals surface area (Å²) in [7, 11) is 0. The standard InChI is InChI=1S/C23H22F4N6O2/c1-2-29-11-14(10-28)20(34)33-22(7-8-22)21(35)31-12-16-4-5-17(13-30-16)32-19-6-3-15(24)9-18(19)23(25,26)27/h2-6,9-11,13,32H,1,7-8,12,28H2,(H,31,35)(H,33,34)/b14-10+,29-11-. The van der Waals surface area contributed by atoms with Crippen molar-refractivity contribution in [1.29, 1.82) is 0 Å². The lowest BCUT2D eigenvalue weighted by Gasteiger charge is -2.17. The first kappa shape index (κ1) is 25.4. The molecule has 1 aromatic heterocycles. The number of nitrogens with zero attached hydrogens (tertiary/aromatic N) is 2. The van der Waals surface area contributed by atoms with Crippen molar-refractivity contribution in [2.75, 3.05) is 5.32 Å². The first-order valence-corrected chi connectivity index (χ1v) is 10.3. The summed E-state index contributed by atoms with van der Waals surface area (Å²) < 4.78 is 52.8. The van der Waals surface area contributed by atoms with Crippen LogP contribution in [0.2, 0.25) is 0 Å². The lowest BCUT2D eigenvalue weighted by Crippen LogP contribution is -2.49. The number of hydrogen-bond donors (Lipinski definition) is 4. The number of alkyl halides is 3. The van der Waals surface area contributed by atoms with Crippen molar-refractivity contribution >= 4 is 29.4 Å². The van der Waals surface area contributed by atoms with Gasteiger partial charge in [-0.3, -0.25) is 19.6 Å². The summed E-state index contributed by atoms with van der Waals surface area (Å²) in [4.78, 5) is 32.8. The molecule has 1 aromatic carbocycles. The van der Waals surface area contributed by atoms with Crippen LogP contribution in [0.15, 0.2) is 66.1 Å². The van der Waals surface area contributed by atoms with E-state index >= 15 is 0 Å². The Morgan fingerprint density at radius 3 is 2.54 bits per heavy atom. The summed E-state index contributed by atoms with van der Waals surface area (Å²) in [5, 5.41) is 7.90. The summed E-state index contributed by atoms with van der Waals surface area (Å²) in [6.45, 7) is 3.43. The van der Waals surface area contributed by atoms with E-state index < -0.39 is 34.9 Å². The minimum atomic E-state index is -4.74. The van der Waals surface area contributed by atoms with E-state index in [1.165, 1.54) is 30.7 Å². The number of benzene rings is 1. The normalized spacial score (nSPS) is 14.9. The number of nitrogens with two attached hydrogens (primary N) is 1. The molecular weight excluding hydrogens is 468 g/mol. The molecule has 0 unspecified atom stereocenters. The van der Waals surface area contributed by atoms with Crippen LogP contribution in [0.25, 0.3) is 0 Å². The lowest BCUT2D eigenvalue weighted by molar-refractivity contribution is -0.137. The maximum atomic E-state index is 13.3. The molecular formula is C23H22F4N6O2. The summed E-state index contributed by atoms with van der Waals surface area (Å²) in [6.07, 6.45) is 0.956. The van der Waals surface area contributed by atoms with Gasteiger partial charge in [-0.2, -0.15) is 13.2 Å². The van der Waals surface area contributed by atoms with Crippen LogP contribution in [0.3, 0.4) is 0 Å². The maximum Gasteiger partial charge on any atom is 0.418 e. The second-order valence-corrected chi connectivity index (χ2v) is 7.65. The first-order chi connectivity index (χ1) is 16.6. The summed E-state index contributed by atoms with van der Waals surface area (Å²) >= 11 is 0. The SMILES string of the molecule is C=C/N=C\C(=C/N)C(=O)NC1(C(=O)NCc2ccc(Nc3ccc(F)cc3C(F)(F)F)cn2)CC1. The van der Waals surface area contributed by atoms with E-state index in [2.05, 4.69) is 32.5 Å².